The van der Waals surface area contributed by atoms with Crippen molar-refractivity contribution < 1.29 is 9.26 Å². The maximum atomic E-state index is 5.34. The average Bonchev–Trinajstić information content (AvgIpc) is 3.11. The molecule has 0 saturated carbocycles. The van der Waals surface area contributed by atoms with Gasteiger partial charge in [0.2, 0.25) is 11.7 Å². The minimum atomic E-state index is 0.596. The Morgan fingerprint density at radius 1 is 1.42 bits per heavy atom. The van der Waals surface area contributed by atoms with Crippen LogP contribution < -0.4 is 10.1 Å². The van der Waals surface area contributed by atoms with E-state index in [1.165, 1.54) is 6.42 Å². The molecule has 1 atom stereocenters. The lowest BCUT2D eigenvalue weighted by Crippen LogP contribution is -2.10. The molecular weight excluding hydrogens is 242 g/mol. The van der Waals surface area contributed by atoms with E-state index >= 15 is 0 Å². The fourth-order valence-corrected chi connectivity index (χ4v) is 2.41. The van der Waals surface area contributed by atoms with E-state index in [9.17, 15) is 0 Å². The molecule has 5 nitrogen and oxygen atoms in total. The van der Waals surface area contributed by atoms with Crippen LogP contribution in [0.4, 0.5) is 0 Å². The first-order valence-corrected chi connectivity index (χ1v) is 6.53. The largest absolute Gasteiger partial charge is 0.496 e. The van der Waals surface area contributed by atoms with Gasteiger partial charge in [0, 0.05) is 6.42 Å². The minimum Gasteiger partial charge on any atom is -0.496 e. The van der Waals surface area contributed by atoms with Crippen molar-refractivity contribution in [1.29, 1.82) is 0 Å². The molecule has 1 aromatic heterocycles. The molecule has 0 aliphatic carbocycles. The molecule has 1 aliphatic rings. The van der Waals surface area contributed by atoms with E-state index in [2.05, 4.69) is 15.5 Å². The summed E-state index contributed by atoms with van der Waals surface area (Å²) in [7, 11) is 1.64. The van der Waals surface area contributed by atoms with Gasteiger partial charge < -0.3 is 14.6 Å². The van der Waals surface area contributed by atoms with E-state index in [1.54, 1.807) is 7.11 Å². The van der Waals surface area contributed by atoms with Gasteiger partial charge in [0.15, 0.2) is 0 Å². The molecule has 0 spiro atoms. The van der Waals surface area contributed by atoms with Gasteiger partial charge in [-0.25, -0.2) is 0 Å². The van der Waals surface area contributed by atoms with Gasteiger partial charge in [-0.2, -0.15) is 4.98 Å². The van der Waals surface area contributed by atoms with Crippen molar-refractivity contribution in [2.75, 3.05) is 20.2 Å². The van der Waals surface area contributed by atoms with Crippen LogP contribution in [0.3, 0.4) is 0 Å². The molecule has 2 heterocycles. The van der Waals surface area contributed by atoms with Gasteiger partial charge in [0.25, 0.3) is 0 Å². The molecule has 2 aromatic rings. The Labute approximate surface area is 112 Å². The second-order valence-corrected chi connectivity index (χ2v) is 4.77. The smallest absolute Gasteiger partial charge is 0.227 e. The summed E-state index contributed by atoms with van der Waals surface area (Å²) in [6.07, 6.45) is 2.02. The minimum absolute atomic E-state index is 0.596. The van der Waals surface area contributed by atoms with Crippen LogP contribution in [0.15, 0.2) is 28.8 Å². The van der Waals surface area contributed by atoms with Crippen molar-refractivity contribution in [2.45, 2.75) is 12.8 Å². The first-order valence-electron chi connectivity index (χ1n) is 6.53. The molecule has 19 heavy (non-hydrogen) atoms. The number of hydrogen-bond acceptors (Lipinski definition) is 5. The number of aromatic nitrogens is 2. The molecule has 1 aromatic carbocycles. The molecule has 1 aliphatic heterocycles. The summed E-state index contributed by atoms with van der Waals surface area (Å²) in [6.45, 7) is 2.12. The molecule has 100 valence electrons. The highest BCUT2D eigenvalue weighted by molar-refractivity contribution is 5.63. The standard InChI is InChI=1S/C14H17N3O2/c1-18-12-5-3-2-4-11(12)14-16-13(19-17-14)8-10-6-7-15-9-10/h2-5,10,15H,6-9H2,1H3. The summed E-state index contributed by atoms with van der Waals surface area (Å²) in [5.74, 6) is 2.66. The number of nitrogens with zero attached hydrogens (tertiary/aromatic N) is 2. The second kappa shape index (κ2) is 5.40. The van der Waals surface area contributed by atoms with Crippen LogP contribution in [0, 0.1) is 5.92 Å². The Hall–Kier alpha value is -1.88. The lowest BCUT2D eigenvalue weighted by Gasteiger charge is -2.03. The van der Waals surface area contributed by atoms with Crippen LogP contribution in [-0.2, 0) is 6.42 Å². The topological polar surface area (TPSA) is 60.2 Å². The Kier molecular flexibility index (Phi) is 3.46. The van der Waals surface area contributed by atoms with Crippen molar-refractivity contribution in [1.82, 2.24) is 15.5 Å². The van der Waals surface area contributed by atoms with Crippen molar-refractivity contribution in [3.05, 3.63) is 30.2 Å². The highest BCUT2D eigenvalue weighted by Gasteiger charge is 2.19. The Balaban J connectivity index is 1.80. The zero-order chi connectivity index (χ0) is 13.1. The molecule has 3 rings (SSSR count). The Bertz CT molecular complexity index is 547. The van der Waals surface area contributed by atoms with E-state index in [0.717, 1.165) is 30.8 Å². The van der Waals surface area contributed by atoms with Crippen molar-refractivity contribution >= 4 is 0 Å². The predicted molar refractivity (Wildman–Crippen MR) is 71.0 cm³/mol. The maximum Gasteiger partial charge on any atom is 0.227 e. The summed E-state index contributed by atoms with van der Waals surface area (Å²) < 4.78 is 10.6. The van der Waals surface area contributed by atoms with Crippen molar-refractivity contribution in [3.63, 3.8) is 0 Å². The molecule has 0 radical (unpaired) electrons. The lowest BCUT2D eigenvalue weighted by molar-refractivity contribution is 0.357. The van der Waals surface area contributed by atoms with Gasteiger partial charge in [-0.1, -0.05) is 17.3 Å². The van der Waals surface area contributed by atoms with Gasteiger partial charge in [0.1, 0.15) is 5.75 Å². The number of para-hydroxylation sites is 1. The summed E-state index contributed by atoms with van der Waals surface area (Å²) in [6, 6.07) is 7.69. The van der Waals surface area contributed by atoms with E-state index in [0.29, 0.717) is 17.6 Å². The number of benzene rings is 1. The van der Waals surface area contributed by atoms with E-state index < -0.39 is 0 Å². The van der Waals surface area contributed by atoms with E-state index in [-0.39, 0.29) is 0 Å². The van der Waals surface area contributed by atoms with Gasteiger partial charge in [0.05, 0.1) is 12.7 Å². The quantitative estimate of drug-likeness (QED) is 0.908. The third-order valence-corrected chi connectivity index (χ3v) is 3.44. The third-order valence-electron chi connectivity index (χ3n) is 3.44. The number of hydrogen-bond donors (Lipinski definition) is 1. The molecule has 5 heteroatoms. The number of methoxy groups -OCH3 is 1. The molecular formula is C14H17N3O2. The Morgan fingerprint density at radius 3 is 3.11 bits per heavy atom. The van der Waals surface area contributed by atoms with E-state index in [1.807, 2.05) is 24.3 Å². The summed E-state index contributed by atoms with van der Waals surface area (Å²) in [4.78, 5) is 4.47. The number of rotatable bonds is 4. The van der Waals surface area contributed by atoms with Gasteiger partial charge >= 0.3 is 0 Å². The fourth-order valence-electron chi connectivity index (χ4n) is 2.41. The zero-order valence-corrected chi connectivity index (χ0v) is 10.9. The Morgan fingerprint density at radius 2 is 2.32 bits per heavy atom. The third kappa shape index (κ3) is 2.61. The van der Waals surface area contributed by atoms with Crippen molar-refractivity contribution in [2.24, 2.45) is 5.92 Å². The van der Waals surface area contributed by atoms with Crippen LogP contribution in [0.25, 0.3) is 11.4 Å². The van der Waals surface area contributed by atoms with Gasteiger partial charge in [-0.15, -0.1) is 0 Å². The van der Waals surface area contributed by atoms with Crippen LogP contribution in [-0.4, -0.2) is 30.3 Å². The van der Waals surface area contributed by atoms with Crippen molar-refractivity contribution in [3.8, 4) is 17.1 Å². The molecule has 1 unspecified atom stereocenters. The average molecular weight is 259 g/mol. The number of nitrogens with one attached hydrogen (secondary N) is 1. The van der Waals surface area contributed by atoms with Crippen LogP contribution >= 0.6 is 0 Å². The molecule has 0 bridgehead atoms. The molecule has 1 N–H and O–H groups in total. The van der Waals surface area contributed by atoms with Crippen LogP contribution in [0.5, 0.6) is 5.75 Å². The highest BCUT2D eigenvalue weighted by atomic mass is 16.5. The number of ether oxygens (including phenoxy) is 1. The summed E-state index contributed by atoms with van der Waals surface area (Å²) in [5, 5.41) is 7.39. The zero-order valence-electron chi connectivity index (χ0n) is 10.9. The normalized spacial score (nSPS) is 18.7. The van der Waals surface area contributed by atoms with Crippen LogP contribution in [0.2, 0.25) is 0 Å². The molecule has 0 amide bonds. The van der Waals surface area contributed by atoms with Gasteiger partial charge in [-0.3, -0.25) is 0 Å². The monoisotopic (exact) mass is 259 g/mol. The van der Waals surface area contributed by atoms with Gasteiger partial charge in [-0.05, 0) is 37.6 Å². The first kappa shape index (κ1) is 12.2. The van der Waals surface area contributed by atoms with Crippen LogP contribution in [0.1, 0.15) is 12.3 Å². The fraction of sp³-hybridized carbons (Fsp3) is 0.429. The summed E-state index contributed by atoms with van der Waals surface area (Å²) in [5.41, 5.74) is 0.865. The molecule has 1 fully saturated rings. The van der Waals surface area contributed by atoms with E-state index in [4.69, 9.17) is 9.26 Å². The second-order valence-electron chi connectivity index (χ2n) is 4.77. The highest BCUT2D eigenvalue weighted by Crippen LogP contribution is 2.27. The molecule has 1 saturated heterocycles. The SMILES string of the molecule is COc1ccccc1-c1noc(CC2CCNC2)n1. The summed E-state index contributed by atoms with van der Waals surface area (Å²) >= 11 is 0. The lowest BCUT2D eigenvalue weighted by atomic mass is 10.1. The first-order chi connectivity index (χ1) is 9.36. The maximum absolute atomic E-state index is 5.34. The predicted octanol–water partition coefficient (Wildman–Crippen LogP) is 1.90.